The minimum absolute atomic E-state index is 0. The van der Waals surface area contributed by atoms with Crippen molar-refractivity contribution in [2.75, 3.05) is 33.7 Å². The number of aryl methyl sites for hydroxylation is 1. The highest BCUT2D eigenvalue weighted by Crippen LogP contribution is 2.24. The van der Waals surface area contributed by atoms with Crippen molar-refractivity contribution in [2.24, 2.45) is 12.0 Å². The highest BCUT2D eigenvalue weighted by Gasteiger charge is 2.25. The largest absolute Gasteiger partial charge is 0.353 e. The van der Waals surface area contributed by atoms with E-state index in [0.29, 0.717) is 6.54 Å². The van der Waals surface area contributed by atoms with E-state index >= 15 is 0 Å². The van der Waals surface area contributed by atoms with Gasteiger partial charge in [0, 0.05) is 51.5 Å². The topological polar surface area (TPSA) is 48.7 Å². The first-order valence-corrected chi connectivity index (χ1v) is 7.88. The van der Waals surface area contributed by atoms with Gasteiger partial charge in [-0.05, 0) is 19.9 Å². The van der Waals surface area contributed by atoms with Crippen molar-refractivity contribution in [3.63, 3.8) is 0 Å². The average Bonchev–Trinajstić information content (AvgIpc) is 3.26. The van der Waals surface area contributed by atoms with Crippen molar-refractivity contribution in [3.8, 4) is 0 Å². The zero-order chi connectivity index (χ0) is 15.9. The van der Waals surface area contributed by atoms with Crippen LogP contribution in [0.3, 0.4) is 0 Å². The molecule has 2 rings (SSSR count). The second-order valence-electron chi connectivity index (χ2n) is 5.97. The molecule has 0 radical (unpaired) electrons. The number of guanidine groups is 1. The Balaban J connectivity index is 0.00000264. The number of aliphatic imine (C=N–C) groups is 1. The summed E-state index contributed by atoms with van der Waals surface area (Å²) in [6.07, 6.45) is 8.44. The molecule has 1 aromatic heterocycles. The van der Waals surface area contributed by atoms with E-state index in [1.165, 1.54) is 18.4 Å². The molecule has 23 heavy (non-hydrogen) atoms. The molecule has 0 aliphatic heterocycles. The fourth-order valence-corrected chi connectivity index (χ4v) is 2.39. The zero-order valence-electron chi connectivity index (χ0n) is 14.4. The van der Waals surface area contributed by atoms with Crippen LogP contribution in [0.5, 0.6) is 0 Å². The lowest BCUT2D eigenvalue weighted by Crippen LogP contribution is -2.39. The quantitative estimate of drug-likeness (QED) is 0.294. The molecule has 1 aliphatic carbocycles. The van der Waals surface area contributed by atoms with Crippen molar-refractivity contribution in [3.05, 3.63) is 30.6 Å². The predicted octanol–water partition coefficient (Wildman–Crippen LogP) is 1.70. The lowest BCUT2D eigenvalue weighted by atomic mass is 10.3. The van der Waals surface area contributed by atoms with Crippen LogP contribution < -0.4 is 5.32 Å². The van der Waals surface area contributed by atoms with Crippen LogP contribution in [0.2, 0.25) is 0 Å². The minimum Gasteiger partial charge on any atom is -0.353 e. The van der Waals surface area contributed by atoms with Gasteiger partial charge < -0.3 is 15.1 Å². The predicted molar refractivity (Wildman–Crippen MR) is 106 cm³/mol. The summed E-state index contributed by atoms with van der Waals surface area (Å²) >= 11 is 0. The third kappa shape index (κ3) is 6.90. The van der Waals surface area contributed by atoms with Crippen LogP contribution in [0.4, 0.5) is 0 Å². The number of rotatable bonds is 8. The number of aromatic nitrogens is 2. The molecule has 1 aromatic rings. The molecule has 0 bridgehead atoms. The van der Waals surface area contributed by atoms with Crippen LogP contribution >= 0.6 is 24.0 Å². The SMILES string of the molecule is C=CCNC(=NCCN(C)C1CC1)N(C)Cc1cnn(C)c1.I. The van der Waals surface area contributed by atoms with Crippen LogP contribution in [-0.4, -0.2) is 65.3 Å². The van der Waals surface area contributed by atoms with Crippen LogP contribution in [0.25, 0.3) is 0 Å². The van der Waals surface area contributed by atoms with Gasteiger partial charge in [0.1, 0.15) is 0 Å². The lowest BCUT2D eigenvalue weighted by molar-refractivity contribution is 0.333. The molecule has 6 nitrogen and oxygen atoms in total. The summed E-state index contributed by atoms with van der Waals surface area (Å²) in [6.45, 7) is 7.08. The second kappa shape index (κ2) is 9.92. The molecule has 0 aromatic carbocycles. The Morgan fingerprint density at radius 3 is 2.83 bits per heavy atom. The van der Waals surface area contributed by atoms with Crippen molar-refractivity contribution < 1.29 is 0 Å². The number of nitrogens with zero attached hydrogens (tertiary/aromatic N) is 5. The molecule has 1 N–H and O–H groups in total. The number of likely N-dealkylation sites (N-methyl/N-ethyl adjacent to an activating group) is 1. The van der Waals surface area contributed by atoms with Crippen molar-refractivity contribution in [2.45, 2.75) is 25.4 Å². The Morgan fingerprint density at radius 1 is 1.52 bits per heavy atom. The Kier molecular flexibility index (Phi) is 8.60. The van der Waals surface area contributed by atoms with Crippen molar-refractivity contribution >= 4 is 29.9 Å². The Labute approximate surface area is 156 Å². The fourth-order valence-electron chi connectivity index (χ4n) is 2.39. The van der Waals surface area contributed by atoms with Gasteiger partial charge in [0.2, 0.25) is 0 Å². The summed E-state index contributed by atoms with van der Waals surface area (Å²) in [4.78, 5) is 9.25. The van der Waals surface area contributed by atoms with E-state index in [0.717, 1.165) is 31.6 Å². The summed E-state index contributed by atoms with van der Waals surface area (Å²) < 4.78 is 1.82. The maximum atomic E-state index is 4.73. The van der Waals surface area contributed by atoms with Gasteiger partial charge in [0.25, 0.3) is 0 Å². The molecule has 1 fully saturated rings. The van der Waals surface area contributed by atoms with Crippen LogP contribution in [-0.2, 0) is 13.6 Å². The molecule has 1 aliphatic rings. The first kappa shape index (κ1) is 20.0. The van der Waals surface area contributed by atoms with Gasteiger partial charge in [-0.2, -0.15) is 5.10 Å². The molecule has 0 spiro atoms. The molecule has 1 saturated carbocycles. The third-order valence-corrected chi connectivity index (χ3v) is 3.83. The van der Waals surface area contributed by atoms with E-state index in [1.807, 2.05) is 37.2 Å². The normalized spacial score (nSPS) is 14.5. The minimum atomic E-state index is 0. The monoisotopic (exact) mass is 432 g/mol. The zero-order valence-corrected chi connectivity index (χ0v) is 16.7. The Bertz CT molecular complexity index is 508. The van der Waals surface area contributed by atoms with Crippen molar-refractivity contribution in [1.29, 1.82) is 0 Å². The summed E-state index contributed by atoms with van der Waals surface area (Å²) in [7, 11) is 6.16. The summed E-state index contributed by atoms with van der Waals surface area (Å²) in [5, 5.41) is 7.54. The van der Waals surface area contributed by atoms with Gasteiger partial charge in [-0.1, -0.05) is 6.08 Å². The van der Waals surface area contributed by atoms with E-state index in [2.05, 4.69) is 33.8 Å². The van der Waals surface area contributed by atoms with Crippen LogP contribution in [0.1, 0.15) is 18.4 Å². The third-order valence-electron chi connectivity index (χ3n) is 3.83. The van der Waals surface area contributed by atoms with E-state index in [4.69, 9.17) is 4.99 Å². The highest BCUT2D eigenvalue weighted by atomic mass is 127. The van der Waals surface area contributed by atoms with Gasteiger partial charge in [-0.25, -0.2) is 0 Å². The molecule has 0 unspecified atom stereocenters. The first-order valence-electron chi connectivity index (χ1n) is 7.88. The smallest absolute Gasteiger partial charge is 0.194 e. The number of nitrogens with one attached hydrogen (secondary N) is 1. The van der Waals surface area contributed by atoms with E-state index < -0.39 is 0 Å². The molecule has 0 amide bonds. The maximum Gasteiger partial charge on any atom is 0.194 e. The van der Waals surface area contributed by atoms with Crippen LogP contribution in [0.15, 0.2) is 30.0 Å². The van der Waals surface area contributed by atoms with Gasteiger partial charge in [0.15, 0.2) is 5.96 Å². The molecular weight excluding hydrogens is 403 g/mol. The van der Waals surface area contributed by atoms with Gasteiger partial charge >= 0.3 is 0 Å². The molecular formula is C16H29IN6. The summed E-state index contributed by atoms with van der Waals surface area (Å²) in [5.74, 6) is 0.910. The van der Waals surface area contributed by atoms with Crippen molar-refractivity contribution in [1.82, 2.24) is 24.9 Å². The van der Waals surface area contributed by atoms with E-state index in [1.54, 1.807) is 0 Å². The van der Waals surface area contributed by atoms with E-state index in [9.17, 15) is 0 Å². The lowest BCUT2D eigenvalue weighted by Gasteiger charge is -2.22. The number of halogens is 1. The number of hydrogen-bond donors (Lipinski definition) is 1. The maximum absolute atomic E-state index is 4.73. The average molecular weight is 432 g/mol. The standard InChI is InChI=1S/C16H28N6.HI/c1-5-8-17-16(18-9-10-20(2)15-6-7-15)21(3)12-14-11-19-22(4)13-14;/h5,11,13,15H,1,6-10,12H2,2-4H3,(H,17,18);1H. The molecule has 7 heteroatoms. The highest BCUT2D eigenvalue weighted by molar-refractivity contribution is 14.0. The second-order valence-corrected chi connectivity index (χ2v) is 5.97. The van der Waals surface area contributed by atoms with E-state index in [-0.39, 0.29) is 24.0 Å². The number of hydrogen-bond acceptors (Lipinski definition) is 3. The summed E-state index contributed by atoms with van der Waals surface area (Å²) in [5.41, 5.74) is 1.17. The molecule has 130 valence electrons. The fraction of sp³-hybridized carbons (Fsp3) is 0.625. The Hall–Kier alpha value is -1.09. The molecule has 1 heterocycles. The summed E-state index contributed by atoms with van der Waals surface area (Å²) in [6, 6.07) is 0.785. The molecule has 0 atom stereocenters. The van der Waals surface area contributed by atoms with Gasteiger partial charge in [0.05, 0.1) is 12.7 Å². The van der Waals surface area contributed by atoms with Gasteiger partial charge in [-0.15, -0.1) is 30.6 Å². The molecule has 0 saturated heterocycles. The van der Waals surface area contributed by atoms with Crippen LogP contribution in [0, 0.1) is 0 Å². The van der Waals surface area contributed by atoms with Gasteiger partial charge in [-0.3, -0.25) is 9.67 Å². The first-order chi connectivity index (χ1) is 10.6. The Morgan fingerprint density at radius 2 is 2.26 bits per heavy atom.